The topological polar surface area (TPSA) is 0 Å². The minimum atomic E-state index is -2.56. The number of alkyl halides is 1. The highest BCUT2D eigenvalue weighted by atomic mass is 35.5. The summed E-state index contributed by atoms with van der Waals surface area (Å²) in [5, 5.41) is 5.77. The maximum Gasteiger partial charge on any atom is 0.176 e. The van der Waals surface area contributed by atoms with Crippen molar-refractivity contribution in [3.63, 3.8) is 0 Å². The van der Waals surface area contributed by atoms with E-state index in [-0.39, 0.29) is 0 Å². The van der Waals surface area contributed by atoms with Gasteiger partial charge < -0.3 is 0 Å². The van der Waals surface area contributed by atoms with E-state index in [1.807, 2.05) is 0 Å². The lowest BCUT2D eigenvalue weighted by Crippen LogP contribution is -2.69. The number of allylic oxidation sites excluding steroid dienone is 4. The average molecular weight is 557 g/mol. The first-order valence-electron chi connectivity index (χ1n) is 15.2. The smallest absolute Gasteiger partial charge is 0.122 e. The second-order valence-corrected chi connectivity index (χ2v) is 15.2. The summed E-state index contributed by atoms with van der Waals surface area (Å²) in [6.45, 7) is 6.71. The molecule has 0 bridgehead atoms. The lowest BCUT2D eigenvalue weighted by atomic mass is 10.0. The molecule has 0 saturated heterocycles. The van der Waals surface area contributed by atoms with Crippen LogP contribution in [-0.2, 0) is 0 Å². The van der Waals surface area contributed by atoms with E-state index in [2.05, 4.69) is 118 Å². The number of halogens is 1. The first kappa shape index (κ1) is 31.2. The molecule has 0 aromatic heterocycles. The van der Waals surface area contributed by atoms with Gasteiger partial charge in [-0.3, -0.25) is 0 Å². The van der Waals surface area contributed by atoms with Gasteiger partial charge in [0.15, 0.2) is 8.07 Å². The van der Waals surface area contributed by atoms with Crippen LogP contribution in [0, 0.1) is 0 Å². The van der Waals surface area contributed by atoms with Crippen molar-refractivity contribution < 1.29 is 0 Å². The molecule has 0 nitrogen and oxygen atoms in total. The fourth-order valence-corrected chi connectivity index (χ4v) is 11.9. The third-order valence-corrected chi connectivity index (χ3v) is 13.5. The summed E-state index contributed by atoms with van der Waals surface area (Å²) in [6, 6.07) is 33.7. The van der Waals surface area contributed by atoms with Crippen molar-refractivity contribution in [2.24, 2.45) is 0 Å². The van der Waals surface area contributed by atoms with E-state index in [4.69, 9.17) is 11.6 Å². The number of rotatable bonds is 17. The van der Waals surface area contributed by atoms with Crippen LogP contribution < -0.4 is 15.6 Å². The van der Waals surface area contributed by atoms with Crippen LogP contribution in [0.25, 0.3) is 0 Å². The fraction of sp³-hybridized carbons (Fsp3) is 0.405. The number of hydrogen-bond donors (Lipinski definition) is 0. The molecule has 39 heavy (non-hydrogen) atoms. The second-order valence-electron chi connectivity index (χ2n) is 11.1. The van der Waals surface area contributed by atoms with Crippen LogP contribution >= 0.6 is 11.6 Å². The van der Waals surface area contributed by atoms with E-state index in [0.717, 1.165) is 19.3 Å². The van der Waals surface area contributed by atoms with Crippen molar-refractivity contribution in [3.8, 4) is 0 Å². The van der Waals surface area contributed by atoms with Gasteiger partial charge in [0.1, 0.15) is 0 Å². The zero-order valence-corrected chi connectivity index (χ0v) is 26.4. The van der Waals surface area contributed by atoms with Gasteiger partial charge in [0.25, 0.3) is 0 Å². The largest absolute Gasteiger partial charge is 0.176 e. The molecule has 0 aliphatic rings. The Morgan fingerprint density at radius 1 is 0.615 bits per heavy atom. The number of benzene rings is 3. The van der Waals surface area contributed by atoms with E-state index < -0.39 is 8.07 Å². The molecule has 0 saturated carbocycles. The standard InChI is InChI=1S/C37H49ClSi/c1-4-5-6-7-8-9-10-14-23-33(24-21-22-32(2)3)37(31-38)39(34-25-15-11-16-26-34,35-27-17-12-18-28-35)36-29-19-13-20-30-36/h11-13,15-20,22,25-30H,4-10,14,21,23-24,31H2,1-3H3/b37-33-. The molecule has 2 heteroatoms. The molecule has 0 aliphatic carbocycles. The van der Waals surface area contributed by atoms with Crippen molar-refractivity contribution >= 4 is 35.2 Å². The zero-order chi connectivity index (χ0) is 27.8. The van der Waals surface area contributed by atoms with Crippen LogP contribution in [0.4, 0.5) is 0 Å². The Bertz CT molecular complexity index is 1030. The molecule has 0 unspecified atom stereocenters. The Labute approximate surface area is 245 Å². The van der Waals surface area contributed by atoms with Crippen molar-refractivity contribution in [1.29, 1.82) is 0 Å². The van der Waals surface area contributed by atoms with Crippen molar-refractivity contribution in [2.75, 3.05) is 5.88 Å². The molecule has 0 aliphatic heterocycles. The zero-order valence-electron chi connectivity index (χ0n) is 24.6. The first-order valence-corrected chi connectivity index (χ1v) is 17.7. The normalized spacial score (nSPS) is 12.2. The van der Waals surface area contributed by atoms with Gasteiger partial charge in [-0.05, 0) is 55.1 Å². The second kappa shape index (κ2) is 17.4. The predicted octanol–water partition coefficient (Wildman–Crippen LogP) is 9.51. The van der Waals surface area contributed by atoms with Gasteiger partial charge in [0, 0.05) is 5.88 Å². The fourth-order valence-electron chi connectivity index (χ4n) is 5.98. The van der Waals surface area contributed by atoms with Crippen molar-refractivity contribution in [2.45, 2.75) is 91.4 Å². The maximum atomic E-state index is 7.11. The highest BCUT2D eigenvalue weighted by Gasteiger charge is 2.43. The van der Waals surface area contributed by atoms with Crippen LogP contribution in [0.15, 0.2) is 113 Å². The van der Waals surface area contributed by atoms with Crippen LogP contribution in [0.2, 0.25) is 0 Å². The van der Waals surface area contributed by atoms with Crippen LogP contribution in [0.3, 0.4) is 0 Å². The first-order chi connectivity index (χ1) is 19.1. The molecule has 208 valence electrons. The van der Waals surface area contributed by atoms with Crippen molar-refractivity contribution in [1.82, 2.24) is 0 Å². The van der Waals surface area contributed by atoms with E-state index in [0.29, 0.717) is 5.88 Å². The maximum absolute atomic E-state index is 7.11. The Morgan fingerprint density at radius 2 is 1.05 bits per heavy atom. The molecular weight excluding hydrogens is 508 g/mol. The predicted molar refractivity (Wildman–Crippen MR) is 178 cm³/mol. The molecular formula is C37H49ClSi. The summed E-state index contributed by atoms with van der Waals surface area (Å²) < 4.78 is 0. The molecule has 0 heterocycles. The third kappa shape index (κ3) is 8.82. The Kier molecular flexibility index (Phi) is 13.9. The molecule has 3 aromatic carbocycles. The SMILES string of the molecule is CCCCCCCCCC/C(CCC=C(C)C)=C(\CCl)[Si](c1ccccc1)(c1ccccc1)c1ccccc1. The summed E-state index contributed by atoms with van der Waals surface area (Å²) in [5.74, 6) is 0.575. The van der Waals surface area contributed by atoms with Gasteiger partial charge >= 0.3 is 0 Å². The van der Waals surface area contributed by atoms with Gasteiger partial charge in [-0.25, -0.2) is 0 Å². The lowest BCUT2D eigenvalue weighted by molar-refractivity contribution is 0.572. The minimum Gasteiger partial charge on any atom is -0.122 e. The summed E-state index contributed by atoms with van der Waals surface area (Å²) in [6.07, 6.45) is 16.5. The summed E-state index contributed by atoms with van der Waals surface area (Å²) in [5.41, 5.74) is 2.99. The number of hydrogen-bond acceptors (Lipinski definition) is 0. The molecule has 0 N–H and O–H groups in total. The molecule has 0 fully saturated rings. The molecule has 3 aromatic rings. The quantitative estimate of drug-likeness (QED) is 0.0510. The van der Waals surface area contributed by atoms with Gasteiger partial charge in [-0.1, -0.05) is 165 Å². The molecule has 0 amide bonds. The summed E-state index contributed by atoms with van der Waals surface area (Å²) in [4.78, 5) is 0. The Morgan fingerprint density at radius 3 is 1.46 bits per heavy atom. The van der Waals surface area contributed by atoms with Crippen LogP contribution in [0.5, 0.6) is 0 Å². The Balaban J connectivity index is 2.11. The molecule has 0 radical (unpaired) electrons. The van der Waals surface area contributed by atoms with Gasteiger partial charge in [0.2, 0.25) is 0 Å². The highest BCUT2D eigenvalue weighted by molar-refractivity contribution is 7.16. The van der Waals surface area contributed by atoms with E-state index in [1.54, 1.807) is 5.57 Å². The number of unbranched alkanes of at least 4 members (excludes halogenated alkanes) is 7. The molecule has 3 rings (SSSR count). The highest BCUT2D eigenvalue weighted by Crippen LogP contribution is 2.28. The van der Waals surface area contributed by atoms with Gasteiger partial charge in [-0.15, -0.1) is 11.6 Å². The van der Waals surface area contributed by atoms with E-state index in [1.165, 1.54) is 77.7 Å². The van der Waals surface area contributed by atoms with Gasteiger partial charge in [-0.2, -0.15) is 0 Å². The molecule has 0 spiro atoms. The van der Waals surface area contributed by atoms with E-state index >= 15 is 0 Å². The van der Waals surface area contributed by atoms with Gasteiger partial charge in [0.05, 0.1) is 0 Å². The molecule has 0 atom stereocenters. The summed E-state index contributed by atoms with van der Waals surface area (Å²) in [7, 11) is -2.56. The third-order valence-electron chi connectivity index (χ3n) is 7.96. The summed E-state index contributed by atoms with van der Waals surface area (Å²) >= 11 is 7.11. The van der Waals surface area contributed by atoms with E-state index in [9.17, 15) is 0 Å². The lowest BCUT2D eigenvalue weighted by Gasteiger charge is -2.37. The van der Waals surface area contributed by atoms with Crippen LogP contribution in [0.1, 0.15) is 91.4 Å². The minimum absolute atomic E-state index is 0.575. The Hall–Kier alpha value is -2.35. The monoisotopic (exact) mass is 556 g/mol. The average Bonchev–Trinajstić information content (AvgIpc) is 2.98. The van der Waals surface area contributed by atoms with Crippen LogP contribution in [-0.4, -0.2) is 14.0 Å². The van der Waals surface area contributed by atoms with Crippen molar-refractivity contribution in [3.05, 3.63) is 113 Å².